The van der Waals surface area contributed by atoms with E-state index < -0.39 is 26.8 Å². The lowest BCUT2D eigenvalue weighted by molar-refractivity contribution is -0.136. The maximum Gasteiger partial charge on any atom is 0.323 e. The van der Waals surface area contributed by atoms with Crippen molar-refractivity contribution in [1.82, 2.24) is 4.72 Å². The van der Waals surface area contributed by atoms with Crippen LogP contribution < -0.4 is 10.5 Å². The van der Waals surface area contributed by atoms with Crippen LogP contribution >= 0.6 is 0 Å². The number of nitrogens with one attached hydrogen (secondary N) is 1. The molecule has 1 aliphatic rings. The third-order valence-electron chi connectivity index (χ3n) is 3.12. The molecule has 6 nitrogen and oxygen atoms in total. The number of aliphatic carboxylic acids is 1. The molecule has 0 bridgehead atoms. The molecule has 94 valence electrons. The molecule has 0 aromatic rings. The van der Waals surface area contributed by atoms with E-state index >= 15 is 0 Å². The Bertz CT molecular complexity index is 360. The van der Waals surface area contributed by atoms with Crippen molar-refractivity contribution < 1.29 is 18.3 Å². The number of carboxylic acids is 1. The van der Waals surface area contributed by atoms with Gasteiger partial charge in [-0.1, -0.05) is 12.8 Å². The summed E-state index contributed by atoms with van der Waals surface area (Å²) in [6, 6.07) is 0. The summed E-state index contributed by atoms with van der Waals surface area (Å²) in [7, 11) is -3.84. The summed E-state index contributed by atoms with van der Waals surface area (Å²) in [5.74, 6) is -1.35. The fraction of sp³-hybridized carbons (Fsp3) is 0.889. The highest BCUT2D eigenvalue weighted by atomic mass is 32.2. The number of carboxylic acid groups (broad SMARTS) is 1. The predicted octanol–water partition coefficient (Wildman–Crippen LogP) is -0.350. The third-order valence-corrected chi connectivity index (χ3v) is 4.97. The normalized spacial score (nSPS) is 21.9. The van der Waals surface area contributed by atoms with Crippen LogP contribution in [0.25, 0.3) is 0 Å². The van der Waals surface area contributed by atoms with E-state index in [1.54, 1.807) is 0 Å². The molecule has 0 heterocycles. The summed E-state index contributed by atoms with van der Waals surface area (Å²) in [5, 5.41) is 7.25. The first-order chi connectivity index (χ1) is 7.33. The molecule has 1 rings (SSSR count). The Kier molecular flexibility index (Phi) is 3.92. The monoisotopic (exact) mass is 250 g/mol. The quantitative estimate of drug-likeness (QED) is 0.618. The van der Waals surface area contributed by atoms with Gasteiger partial charge in [-0.3, -0.25) is 4.79 Å². The van der Waals surface area contributed by atoms with Crippen LogP contribution in [0.1, 0.15) is 32.6 Å². The van der Waals surface area contributed by atoms with Gasteiger partial charge >= 0.3 is 5.97 Å². The van der Waals surface area contributed by atoms with Crippen LogP contribution in [-0.2, 0) is 14.8 Å². The molecule has 0 aliphatic heterocycles. The second-order valence-electron chi connectivity index (χ2n) is 4.32. The van der Waals surface area contributed by atoms with Crippen LogP contribution in [0.3, 0.4) is 0 Å². The van der Waals surface area contributed by atoms with Gasteiger partial charge in [-0.15, -0.1) is 0 Å². The number of sulfonamides is 1. The summed E-state index contributed by atoms with van der Waals surface area (Å²) >= 11 is 0. The minimum atomic E-state index is -3.84. The van der Waals surface area contributed by atoms with E-state index in [2.05, 4.69) is 4.72 Å². The fourth-order valence-corrected chi connectivity index (χ4v) is 3.26. The Balaban J connectivity index is 2.82. The predicted molar refractivity (Wildman–Crippen MR) is 59.4 cm³/mol. The van der Waals surface area contributed by atoms with Gasteiger partial charge in [0.1, 0.15) is 0 Å². The Hall–Kier alpha value is -0.660. The van der Waals surface area contributed by atoms with E-state index in [1.807, 2.05) is 0 Å². The molecule has 0 radical (unpaired) electrons. The summed E-state index contributed by atoms with van der Waals surface area (Å²) in [4.78, 5) is 10.7. The van der Waals surface area contributed by atoms with Gasteiger partial charge in [-0.2, -0.15) is 0 Å². The number of nitrogens with two attached hydrogens (primary N) is 1. The van der Waals surface area contributed by atoms with E-state index in [0.29, 0.717) is 12.8 Å². The summed E-state index contributed by atoms with van der Waals surface area (Å²) in [6.07, 6.45) is 3.19. The van der Waals surface area contributed by atoms with Gasteiger partial charge in [0.25, 0.3) is 0 Å². The highest BCUT2D eigenvalue weighted by molar-refractivity contribution is 7.90. The van der Waals surface area contributed by atoms with Gasteiger partial charge in [-0.25, -0.2) is 13.1 Å². The van der Waals surface area contributed by atoms with Gasteiger partial charge in [0.05, 0.1) is 0 Å². The molecular formula is C9H18N2O4S. The zero-order valence-electron chi connectivity index (χ0n) is 9.27. The lowest BCUT2D eigenvalue weighted by Gasteiger charge is -2.29. The molecule has 16 heavy (non-hydrogen) atoms. The first-order valence-corrected chi connectivity index (χ1v) is 6.83. The second-order valence-corrected chi connectivity index (χ2v) is 6.32. The standard InChI is InChI=1S/C9H18N2O4S/c1-7(8(12)13)16(14,15)11-9(6-10)4-2-3-5-9/h7,11H,2-6,10H2,1H3,(H,12,13). The molecule has 0 aromatic carbocycles. The van der Waals surface area contributed by atoms with Crippen LogP contribution in [0.2, 0.25) is 0 Å². The average molecular weight is 250 g/mol. The van der Waals surface area contributed by atoms with Gasteiger partial charge in [0, 0.05) is 12.1 Å². The van der Waals surface area contributed by atoms with E-state index in [4.69, 9.17) is 10.8 Å². The van der Waals surface area contributed by atoms with E-state index in [-0.39, 0.29) is 6.54 Å². The van der Waals surface area contributed by atoms with Gasteiger partial charge in [0.15, 0.2) is 5.25 Å². The molecule has 1 unspecified atom stereocenters. The van der Waals surface area contributed by atoms with Crippen LogP contribution in [0.15, 0.2) is 0 Å². The summed E-state index contributed by atoms with van der Waals surface area (Å²) < 4.78 is 26.0. The lowest BCUT2D eigenvalue weighted by Crippen LogP contribution is -2.54. The highest BCUT2D eigenvalue weighted by Crippen LogP contribution is 2.29. The molecule has 0 saturated heterocycles. The van der Waals surface area contributed by atoms with E-state index in [1.165, 1.54) is 0 Å². The number of hydrogen-bond donors (Lipinski definition) is 3. The molecule has 0 spiro atoms. The first kappa shape index (κ1) is 13.4. The minimum absolute atomic E-state index is 0.207. The van der Waals surface area contributed by atoms with Crippen molar-refractivity contribution in [3.8, 4) is 0 Å². The smallest absolute Gasteiger partial charge is 0.323 e. The van der Waals surface area contributed by atoms with Crippen LogP contribution in [-0.4, -0.2) is 36.8 Å². The molecule has 4 N–H and O–H groups in total. The zero-order valence-corrected chi connectivity index (χ0v) is 10.1. The Morgan fingerprint density at radius 3 is 2.38 bits per heavy atom. The highest BCUT2D eigenvalue weighted by Gasteiger charge is 2.39. The van der Waals surface area contributed by atoms with Crippen LogP contribution in [0, 0.1) is 0 Å². The summed E-state index contributed by atoms with van der Waals surface area (Å²) in [5.41, 5.74) is 4.94. The first-order valence-electron chi connectivity index (χ1n) is 5.29. The SMILES string of the molecule is CC(C(=O)O)S(=O)(=O)NC1(CN)CCCC1. The zero-order chi connectivity index (χ0) is 12.4. The Morgan fingerprint density at radius 2 is 2.00 bits per heavy atom. The van der Waals surface area contributed by atoms with Crippen LogP contribution in [0.4, 0.5) is 0 Å². The average Bonchev–Trinajstić information content (AvgIpc) is 2.65. The van der Waals surface area contributed by atoms with E-state index in [0.717, 1.165) is 19.8 Å². The Labute approximate surface area is 95.3 Å². The molecule has 1 atom stereocenters. The van der Waals surface area contributed by atoms with Crippen molar-refractivity contribution >= 4 is 16.0 Å². The van der Waals surface area contributed by atoms with Crippen molar-refractivity contribution in [3.05, 3.63) is 0 Å². The van der Waals surface area contributed by atoms with Crippen molar-refractivity contribution in [1.29, 1.82) is 0 Å². The molecule has 1 aliphatic carbocycles. The fourth-order valence-electron chi connectivity index (χ4n) is 1.92. The maximum atomic E-state index is 11.7. The number of hydrogen-bond acceptors (Lipinski definition) is 4. The summed E-state index contributed by atoms with van der Waals surface area (Å²) in [6.45, 7) is 1.36. The molecule has 1 fully saturated rings. The van der Waals surface area contributed by atoms with Crippen molar-refractivity contribution in [3.63, 3.8) is 0 Å². The maximum absolute atomic E-state index is 11.7. The molecule has 7 heteroatoms. The second kappa shape index (κ2) is 4.68. The van der Waals surface area contributed by atoms with Crippen molar-refractivity contribution in [2.24, 2.45) is 5.73 Å². The van der Waals surface area contributed by atoms with Crippen molar-refractivity contribution in [2.75, 3.05) is 6.54 Å². The third kappa shape index (κ3) is 2.72. The number of rotatable bonds is 5. The van der Waals surface area contributed by atoms with E-state index in [9.17, 15) is 13.2 Å². The largest absolute Gasteiger partial charge is 0.480 e. The molecule has 0 amide bonds. The molecular weight excluding hydrogens is 232 g/mol. The van der Waals surface area contributed by atoms with Gasteiger partial charge in [-0.05, 0) is 19.8 Å². The van der Waals surface area contributed by atoms with Crippen LogP contribution in [0.5, 0.6) is 0 Å². The Morgan fingerprint density at radius 1 is 1.50 bits per heavy atom. The van der Waals surface area contributed by atoms with Gasteiger partial charge in [0.2, 0.25) is 10.0 Å². The van der Waals surface area contributed by atoms with Crippen molar-refractivity contribution in [2.45, 2.75) is 43.4 Å². The topological polar surface area (TPSA) is 109 Å². The lowest BCUT2D eigenvalue weighted by atomic mass is 10.0. The number of carbonyl (C=O) groups is 1. The minimum Gasteiger partial charge on any atom is -0.480 e. The molecule has 1 saturated carbocycles. The van der Waals surface area contributed by atoms with Gasteiger partial charge < -0.3 is 10.8 Å². The molecule has 0 aromatic heterocycles.